The summed E-state index contributed by atoms with van der Waals surface area (Å²) in [5, 5.41) is 31.9. The average Bonchev–Trinajstić information content (AvgIpc) is 2.44. The van der Waals surface area contributed by atoms with E-state index in [0.717, 1.165) is 11.1 Å². The SMILES string of the molecule is CC(C)=N.CC(C)=N.Nc1ccc(-c2ccc(N)c(O)c2)cc1O. The van der Waals surface area contributed by atoms with Gasteiger partial charge in [0.25, 0.3) is 0 Å². The predicted molar refractivity (Wildman–Crippen MR) is 102 cm³/mol. The van der Waals surface area contributed by atoms with Crippen LogP contribution >= 0.6 is 0 Å². The summed E-state index contributed by atoms with van der Waals surface area (Å²) in [6, 6.07) is 9.83. The first-order chi connectivity index (χ1) is 11.0. The minimum absolute atomic E-state index is 0.0221. The predicted octanol–water partition coefficient (Wildman–Crippen LogP) is 4.02. The van der Waals surface area contributed by atoms with E-state index < -0.39 is 0 Å². The summed E-state index contributed by atoms with van der Waals surface area (Å²) in [6.07, 6.45) is 0. The second-order valence-corrected chi connectivity index (χ2v) is 5.55. The lowest BCUT2D eigenvalue weighted by molar-refractivity contribution is 0.477. The van der Waals surface area contributed by atoms with Gasteiger partial charge in [0.05, 0.1) is 11.4 Å². The molecule has 0 aromatic heterocycles. The van der Waals surface area contributed by atoms with Crippen LogP contribution in [0.3, 0.4) is 0 Å². The number of phenols is 2. The van der Waals surface area contributed by atoms with E-state index in [-0.39, 0.29) is 11.5 Å². The number of anilines is 2. The molecule has 0 unspecified atom stereocenters. The number of benzene rings is 2. The molecule has 0 aliphatic rings. The van der Waals surface area contributed by atoms with Gasteiger partial charge in [-0.3, -0.25) is 0 Å². The maximum absolute atomic E-state index is 9.47. The molecule has 2 rings (SSSR count). The Morgan fingerprint density at radius 3 is 1.17 bits per heavy atom. The smallest absolute Gasteiger partial charge is 0.139 e. The van der Waals surface area contributed by atoms with Gasteiger partial charge in [0, 0.05) is 11.4 Å². The number of hydrogen-bond donors (Lipinski definition) is 6. The van der Waals surface area contributed by atoms with Gasteiger partial charge in [-0.15, -0.1) is 0 Å². The molecule has 24 heavy (non-hydrogen) atoms. The van der Waals surface area contributed by atoms with Gasteiger partial charge < -0.3 is 32.5 Å². The molecule has 0 heterocycles. The molecule has 6 nitrogen and oxygen atoms in total. The molecule has 2 aromatic rings. The number of hydrogen-bond acceptors (Lipinski definition) is 6. The van der Waals surface area contributed by atoms with E-state index in [2.05, 4.69) is 0 Å². The highest BCUT2D eigenvalue weighted by Crippen LogP contribution is 2.31. The van der Waals surface area contributed by atoms with Crippen LogP contribution in [0.5, 0.6) is 11.5 Å². The molecular weight excluding hydrogens is 304 g/mol. The fourth-order valence-electron chi connectivity index (χ4n) is 1.45. The number of aromatic hydroxyl groups is 2. The average molecular weight is 330 g/mol. The molecule has 0 saturated heterocycles. The second kappa shape index (κ2) is 9.89. The van der Waals surface area contributed by atoms with Gasteiger partial charge in [0.15, 0.2) is 0 Å². The van der Waals surface area contributed by atoms with Crippen LogP contribution in [-0.2, 0) is 0 Å². The van der Waals surface area contributed by atoms with E-state index in [4.69, 9.17) is 22.3 Å². The van der Waals surface area contributed by atoms with E-state index in [1.54, 1.807) is 64.1 Å². The zero-order valence-corrected chi connectivity index (χ0v) is 14.5. The summed E-state index contributed by atoms with van der Waals surface area (Å²) in [5.41, 5.74) is 14.5. The van der Waals surface area contributed by atoms with Crippen molar-refractivity contribution in [3.63, 3.8) is 0 Å². The van der Waals surface area contributed by atoms with Crippen LogP contribution in [0.25, 0.3) is 11.1 Å². The minimum Gasteiger partial charge on any atom is -0.506 e. The van der Waals surface area contributed by atoms with Crippen LogP contribution in [0.15, 0.2) is 36.4 Å². The Labute approximate surface area is 142 Å². The highest BCUT2D eigenvalue weighted by atomic mass is 16.3. The fourth-order valence-corrected chi connectivity index (χ4v) is 1.45. The van der Waals surface area contributed by atoms with Crippen molar-refractivity contribution in [1.29, 1.82) is 10.8 Å². The van der Waals surface area contributed by atoms with Crippen LogP contribution in [0.4, 0.5) is 11.4 Å². The Morgan fingerprint density at radius 1 is 0.708 bits per heavy atom. The molecule has 0 radical (unpaired) electrons. The number of nitrogen functional groups attached to an aromatic ring is 2. The molecular formula is C18H26N4O2. The van der Waals surface area contributed by atoms with Crippen molar-refractivity contribution in [2.24, 2.45) is 0 Å². The third kappa shape index (κ3) is 8.43. The maximum atomic E-state index is 9.47. The lowest BCUT2D eigenvalue weighted by Gasteiger charge is -2.06. The minimum atomic E-state index is 0.0221. The Hall–Kier alpha value is -3.02. The van der Waals surface area contributed by atoms with E-state index in [1.165, 1.54) is 0 Å². The summed E-state index contributed by atoms with van der Waals surface area (Å²) in [6.45, 7) is 7.00. The van der Waals surface area contributed by atoms with E-state index in [0.29, 0.717) is 22.8 Å². The van der Waals surface area contributed by atoms with Crippen molar-refractivity contribution in [1.82, 2.24) is 0 Å². The summed E-state index contributed by atoms with van der Waals surface area (Å²) in [4.78, 5) is 0. The zero-order chi connectivity index (χ0) is 18.9. The molecule has 6 heteroatoms. The molecule has 2 aromatic carbocycles. The molecule has 0 aliphatic carbocycles. The standard InChI is InChI=1S/C12H12N2O2.2C3H7N/c13-9-3-1-7(5-11(9)15)8-2-4-10(14)12(16)6-8;2*1-3(2)4/h1-6,15-16H,13-14H2;2*4H,1-2H3. The quantitative estimate of drug-likeness (QED) is 0.267. The highest BCUT2D eigenvalue weighted by molar-refractivity contribution is 5.75. The van der Waals surface area contributed by atoms with Crippen LogP contribution in [0, 0.1) is 10.8 Å². The van der Waals surface area contributed by atoms with Crippen LogP contribution in [0.1, 0.15) is 27.7 Å². The highest BCUT2D eigenvalue weighted by Gasteiger charge is 2.04. The number of phenolic OH excluding ortho intramolecular Hbond substituents is 2. The van der Waals surface area contributed by atoms with E-state index in [9.17, 15) is 10.2 Å². The van der Waals surface area contributed by atoms with Crippen LogP contribution < -0.4 is 11.5 Å². The number of nitrogens with two attached hydrogens (primary N) is 2. The molecule has 0 bridgehead atoms. The first-order valence-electron chi connectivity index (χ1n) is 7.25. The van der Waals surface area contributed by atoms with Crippen LogP contribution in [0.2, 0.25) is 0 Å². The zero-order valence-electron chi connectivity index (χ0n) is 14.5. The molecule has 0 spiro atoms. The van der Waals surface area contributed by atoms with Crippen molar-refractivity contribution in [3.8, 4) is 22.6 Å². The van der Waals surface area contributed by atoms with Crippen molar-refractivity contribution < 1.29 is 10.2 Å². The summed E-state index contributed by atoms with van der Waals surface area (Å²) >= 11 is 0. The molecule has 0 aliphatic heterocycles. The normalized spacial score (nSPS) is 9.00. The molecule has 0 atom stereocenters. The third-order valence-electron chi connectivity index (χ3n) is 2.39. The van der Waals surface area contributed by atoms with Gasteiger partial charge in [-0.05, 0) is 63.1 Å². The number of rotatable bonds is 1. The Kier molecular flexibility index (Phi) is 8.64. The molecule has 0 amide bonds. The van der Waals surface area contributed by atoms with Gasteiger partial charge >= 0.3 is 0 Å². The Bertz CT molecular complexity index is 643. The molecule has 8 N–H and O–H groups in total. The maximum Gasteiger partial charge on any atom is 0.139 e. The Morgan fingerprint density at radius 2 is 0.958 bits per heavy atom. The largest absolute Gasteiger partial charge is 0.506 e. The Balaban J connectivity index is 0.000000558. The van der Waals surface area contributed by atoms with Crippen molar-refractivity contribution in [2.75, 3.05) is 11.5 Å². The van der Waals surface area contributed by atoms with E-state index in [1.807, 2.05) is 0 Å². The molecule has 0 saturated carbocycles. The summed E-state index contributed by atoms with van der Waals surface area (Å²) < 4.78 is 0. The molecule has 130 valence electrons. The van der Waals surface area contributed by atoms with Gasteiger partial charge in [0.1, 0.15) is 11.5 Å². The third-order valence-corrected chi connectivity index (χ3v) is 2.39. The van der Waals surface area contributed by atoms with Crippen molar-refractivity contribution >= 4 is 22.8 Å². The van der Waals surface area contributed by atoms with Gasteiger partial charge in [-0.2, -0.15) is 0 Å². The monoisotopic (exact) mass is 330 g/mol. The number of nitrogens with one attached hydrogen (secondary N) is 2. The molecule has 0 fully saturated rings. The lowest BCUT2D eigenvalue weighted by atomic mass is 10.0. The van der Waals surface area contributed by atoms with Crippen molar-refractivity contribution in [2.45, 2.75) is 27.7 Å². The van der Waals surface area contributed by atoms with E-state index >= 15 is 0 Å². The topological polar surface area (TPSA) is 140 Å². The summed E-state index contributed by atoms with van der Waals surface area (Å²) in [5.74, 6) is 0.0441. The van der Waals surface area contributed by atoms with Gasteiger partial charge in [0.2, 0.25) is 0 Å². The van der Waals surface area contributed by atoms with Crippen LogP contribution in [-0.4, -0.2) is 21.6 Å². The lowest BCUT2D eigenvalue weighted by Crippen LogP contribution is -1.88. The fraction of sp³-hybridized carbons (Fsp3) is 0.222. The summed E-state index contributed by atoms with van der Waals surface area (Å²) in [7, 11) is 0. The van der Waals surface area contributed by atoms with Crippen molar-refractivity contribution in [3.05, 3.63) is 36.4 Å². The first-order valence-corrected chi connectivity index (χ1v) is 7.25. The van der Waals surface area contributed by atoms with Gasteiger partial charge in [-0.1, -0.05) is 12.1 Å². The second-order valence-electron chi connectivity index (χ2n) is 5.55. The van der Waals surface area contributed by atoms with Gasteiger partial charge in [-0.25, -0.2) is 0 Å². The first kappa shape index (κ1) is 21.0.